The van der Waals surface area contributed by atoms with Crippen molar-refractivity contribution in [1.29, 1.82) is 0 Å². The molecule has 0 unspecified atom stereocenters. The topological polar surface area (TPSA) is 44.4 Å². The third-order valence-corrected chi connectivity index (χ3v) is 5.08. The summed E-state index contributed by atoms with van der Waals surface area (Å²) in [5.74, 6) is 0.0443. The number of anilines is 1. The predicted octanol–water partition coefficient (Wildman–Crippen LogP) is 4.32. The number of benzene rings is 2. The number of rotatable bonds is 11. The lowest BCUT2D eigenvalue weighted by atomic mass is 10.2. The van der Waals surface area contributed by atoms with Gasteiger partial charge in [0.15, 0.2) is 0 Å². The average molecular weight is 477 g/mol. The van der Waals surface area contributed by atoms with E-state index >= 15 is 0 Å². The summed E-state index contributed by atoms with van der Waals surface area (Å²) >= 11 is 2.39. The SMILES string of the molecule is Cc1ccc(NC(=O)CCNCCN(CI)C/C=C/c2ccccc2)cc1. The van der Waals surface area contributed by atoms with Crippen LogP contribution in [0.5, 0.6) is 0 Å². The van der Waals surface area contributed by atoms with Crippen LogP contribution in [0.25, 0.3) is 6.08 Å². The Balaban J connectivity index is 1.58. The number of hydrogen-bond acceptors (Lipinski definition) is 3. The minimum Gasteiger partial charge on any atom is -0.326 e. The second-order valence-corrected chi connectivity index (χ2v) is 7.11. The van der Waals surface area contributed by atoms with Gasteiger partial charge in [-0.1, -0.05) is 82.8 Å². The Kier molecular flexibility index (Phi) is 10.1. The Morgan fingerprint density at radius 1 is 1.07 bits per heavy atom. The van der Waals surface area contributed by atoms with Crippen LogP contribution in [0.1, 0.15) is 17.5 Å². The second-order valence-electron chi connectivity index (χ2n) is 6.42. The van der Waals surface area contributed by atoms with Crippen molar-refractivity contribution in [3.05, 3.63) is 71.8 Å². The number of alkyl halides is 1. The van der Waals surface area contributed by atoms with Gasteiger partial charge in [-0.05, 0) is 24.6 Å². The lowest BCUT2D eigenvalue weighted by Crippen LogP contribution is -2.32. The Bertz CT molecular complexity index is 701. The molecule has 0 aliphatic rings. The summed E-state index contributed by atoms with van der Waals surface area (Å²) in [6.45, 7) is 5.48. The van der Waals surface area contributed by atoms with Crippen LogP contribution in [0.4, 0.5) is 5.69 Å². The number of halogens is 1. The quantitative estimate of drug-likeness (QED) is 0.219. The highest BCUT2D eigenvalue weighted by Crippen LogP contribution is 2.08. The third kappa shape index (κ3) is 9.17. The minimum absolute atomic E-state index is 0.0443. The van der Waals surface area contributed by atoms with E-state index in [1.807, 2.05) is 37.3 Å². The number of amides is 1. The molecular formula is C22H28IN3O. The first-order valence-electron chi connectivity index (χ1n) is 9.24. The molecule has 2 aromatic rings. The van der Waals surface area contributed by atoms with Gasteiger partial charge < -0.3 is 10.6 Å². The summed E-state index contributed by atoms with van der Waals surface area (Å²) < 4.78 is 0.979. The number of nitrogens with zero attached hydrogens (tertiary/aromatic N) is 1. The molecule has 0 heterocycles. The zero-order valence-electron chi connectivity index (χ0n) is 15.8. The molecule has 2 rings (SSSR count). The molecule has 0 aromatic heterocycles. The van der Waals surface area contributed by atoms with Gasteiger partial charge in [-0.3, -0.25) is 9.69 Å². The molecule has 4 nitrogen and oxygen atoms in total. The number of carbonyl (C=O) groups excluding carboxylic acids is 1. The van der Waals surface area contributed by atoms with Crippen molar-refractivity contribution in [1.82, 2.24) is 10.2 Å². The lowest BCUT2D eigenvalue weighted by molar-refractivity contribution is -0.116. The summed E-state index contributed by atoms with van der Waals surface area (Å²) in [5, 5.41) is 6.28. The highest BCUT2D eigenvalue weighted by atomic mass is 127. The monoisotopic (exact) mass is 477 g/mol. The first kappa shape index (κ1) is 21.6. The van der Waals surface area contributed by atoms with Gasteiger partial charge in [-0.15, -0.1) is 0 Å². The summed E-state index contributed by atoms with van der Waals surface area (Å²) in [7, 11) is 0. The van der Waals surface area contributed by atoms with E-state index in [2.05, 4.69) is 74.5 Å². The van der Waals surface area contributed by atoms with Gasteiger partial charge in [0.25, 0.3) is 0 Å². The second kappa shape index (κ2) is 12.6. The normalized spacial score (nSPS) is 11.2. The molecule has 1 amide bonds. The van der Waals surface area contributed by atoms with Crippen LogP contribution >= 0.6 is 22.6 Å². The smallest absolute Gasteiger partial charge is 0.225 e. The van der Waals surface area contributed by atoms with Crippen LogP contribution in [0.2, 0.25) is 0 Å². The van der Waals surface area contributed by atoms with E-state index < -0.39 is 0 Å². The molecule has 0 radical (unpaired) electrons. The van der Waals surface area contributed by atoms with E-state index in [9.17, 15) is 4.79 Å². The molecule has 5 heteroatoms. The van der Waals surface area contributed by atoms with Gasteiger partial charge in [0.1, 0.15) is 0 Å². The van der Waals surface area contributed by atoms with E-state index in [1.54, 1.807) is 0 Å². The van der Waals surface area contributed by atoms with Crippen molar-refractivity contribution in [3.63, 3.8) is 0 Å². The fourth-order valence-electron chi connectivity index (χ4n) is 2.53. The van der Waals surface area contributed by atoms with Crippen LogP contribution in [0, 0.1) is 6.92 Å². The largest absolute Gasteiger partial charge is 0.326 e. The Morgan fingerprint density at radius 3 is 2.52 bits per heavy atom. The summed E-state index contributed by atoms with van der Waals surface area (Å²) in [5.41, 5.74) is 3.27. The van der Waals surface area contributed by atoms with Gasteiger partial charge in [0.2, 0.25) is 5.91 Å². The molecule has 27 heavy (non-hydrogen) atoms. The van der Waals surface area contributed by atoms with Gasteiger partial charge in [0.05, 0.1) is 4.55 Å². The standard InChI is InChI=1S/C22H28IN3O/c1-19-9-11-21(12-10-19)25-22(27)13-14-24-15-17-26(18-23)16-5-8-20-6-3-2-4-7-20/h2-12,24H,13-18H2,1H3,(H,25,27)/b8-5+. The van der Waals surface area contributed by atoms with Crippen LogP contribution in [-0.4, -0.2) is 41.5 Å². The average Bonchev–Trinajstić information content (AvgIpc) is 2.69. The van der Waals surface area contributed by atoms with Crippen molar-refractivity contribution >= 4 is 40.3 Å². The van der Waals surface area contributed by atoms with Gasteiger partial charge in [0, 0.05) is 38.3 Å². The molecule has 2 aromatic carbocycles. The zero-order chi connectivity index (χ0) is 19.3. The third-order valence-electron chi connectivity index (χ3n) is 4.11. The van der Waals surface area contributed by atoms with Crippen molar-refractivity contribution in [2.45, 2.75) is 13.3 Å². The molecule has 0 saturated heterocycles. The molecule has 0 bridgehead atoms. The maximum absolute atomic E-state index is 12.0. The fraction of sp³-hybridized carbons (Fsp3) is 0.318. The maximum Gasteiger partial charge on any atom is 0.225 e. The summed E-state index contributed by atoms with van der Waals surface area (Å²) in [6, 6.07) is 18.2. The number of aryl methyl sites for hydroxylation is 1. The van der Waals surface area contributed by atoms with Crippen molar-refractivity contribution in [3.8, 4) is 0 Å². The first-order chi connectivity index (χ1) is 13.2. The Labute approximate surface area is 176 Å². The molecule has 0 aliphatic heterocycles. The van der Waals surface area contributed by atoms with E-state index in [1.165, 1.54) is 11.1 Å². The highest BCUT2D eigenvalue weighted by molar-refractivity contribution is 14.1. The minimum atomic E-state index is 0.0443. The van der Waals surface area contributed by atoms with Crippen LogP contribution in [-0.2, 0) is 4.79 Å². The van der Waals surface area contributed by atoms with Gasteiger partial charge in [-0.2, -0.15) is 0 Å². The van der Waals surface area contributed by atoms with Crippen molar-refractivity contribution in [2.75, 3.05) is 36.0 Å². The molecule has 0 fully saturated rings. The van der Waals surface area contributed by atoms with E-state index in [4.69, 9.17) is 0 Å². The van der Waals surface area contributed by atoms with Gasteiger partial charge >= 0.3 is 0 Å². The van der Waals surface area contributed by atoms with Crippen molar-refractivity contribution in [2.24, 2.45) is 0 Å². The van der Waals surface area contributed by atoms with Crippen LogP contribution in [0.3, 0.4) is 0 Å². The van der Waals surface area contributed by atoms with Crippen molar-refractivity contribution < 1.29 is 4.79 Å². The summed E-state index contributed by atoms with van der Waals surface area (Å²) in [4.78, 5) is 14.3. The Hall–Kier alpha value is -1.70. The van der Waals surface area contributed by atoms with Crippen LogP contribution < -0.4 is 10.6 Å². The molecule has 144 valence electrons. The molecule has 2 N–H and O–H groups in total. The fourth-order valence-corrected chi connectivity index (χ4v) is 3.15. The summed E-state index contributed by atoms with van der Waals surface area (Å²) in [6.07, 6.45) is 4.83. The van der Waals surface area contributed by atoms with E-state index in [-0.39, 0.29) is 5.91 Å². The molecular weight excluding hydrogens is 449 g/mol. The van der Waals surface area contributed by atoms with E-state index in [0.29, 0.717) is 13.0 Å². The molecule has 0 aliphatic carbocycles. The molecule has 0 saturated carbocycles. The number of carbonyl (C=O) groups is 1. The first-order valence-corrected chi connectivity index (χ1v) is 10.8. The zero-order valence-corrected chi connectivity index (χ0v) is 18.0. The van der Waals surface area contributed by atoms with Crippen LogP contribution in [0.15, 0.2) is 60.7 Å². The molecule has 0 spiro atoms. The lowest BCUT2D eigenvalue weighted by Gasteiger charge is -2.17. The maximum atomic E-state index is 12.0. The van der Waals surface area contributed by atoms with E-state index in [0.717, 1.165) is 29.9 Å². The predicted molar refractivity (Wildman–Crippen MR) is 123 cm³/mol. The number of nitrogens with one attached hydrogen (secondary N) is 2. The molecule has 0 atom stereocenters. The van der Waals surface area contributed by atoms with Gasteiger partial charge in [-0.25, -0.2) is 0 Å². The highest BCUT2D eigenvalue weighted by Gasteiger charge is 2.03. The number of hydrogen-bond donors (Lipinski definition) is 2. The Morgan fingerprint density at radius 2 is 1.81 bits per heavy atom.